The van der Waals surface area contributed by atoms with E-state index in [1.165, 1.54) is 17.1 Å². The first kappa shape index (κ1) is 15.2. The molecule has 2 rings (SSSR count). The lowest BCUT2D eigenvalue weighted by atomic mass is 10.0. The Bertz CT molecular complexity index is 661. The van der Waals surface area contributed by atoms with Crippen molar-refractivity contribution in [2.24, 2.45) is 0 Å². The van der Waals surface area contributed by atoms with Crippen LogP contribution in [0.1, 0.15) is 34.8 Å². The first-order valence-corrected chi connectivity index (χ1v) is 6.27. The molecule has 112 valence electrons. The average Bonchev–Trinajstić information content (AvgIpc) is 2.86. The van der Waals surface area contributed by atoms with Gasteiger partial charge in [0.05, 0.1) is 22.9 Å². The second-order valence-electron chi connectivity index (χ2n) is 4.49. The monoisotopic (exact) mass is 300 g/mol. The summed E-state index contributed by atoms with van der Waals surface area (Å²) in [5.74, 6) is -2.38. The van der Waals surface area contributed by atoms with E-state index in [9.17, 15) is 22.4 Å². The van der Waals surface area contributed by atoms with Gasteiger partial charge in [0.1, 0.15) is 5.82 Å². The molecule has 0 saturated carbocycles. The number of hydrogen-bond acceptors (Lipinski definition) is 2. The van der Waals surface area contributed by atoms with E-state index in [-0.39, 0.29) is 5.56 Å². The zero-order valence-electron chi connectivity index (χ0n) is 11.1. The number of halogens is 4. The van der Waals surface area contributed by atoms with E-state index < -0.39 is 28.9 Å². The van der Waals surface area contributed by atoms with Gasteiger partial charge in [0.15, 0.2) is 5.78 Å². The Morgan fingerprint density at radius 2 is 2.05 bits per heavy atom. The largest absolute Gasteiger partial charge is 0.419 e. The molecule has 0 fully saturated rings. The van der Waals surface area contributed by atoms with E-state index in [2.05, 4.69) is 5.10 Å². The van der Waals surface area contributed by atoms with Crippen molar-refractivity contribution < 1.29 is 22.4 Å². The van der Waals surface area contributed by atoms with Gasteiger partial charge in [0.2, 0.25) is 0 Å². The third kappa shape index (κ3) is 3.12. The maximum atomic E-state index is 13.9. The Kier molecular flexibility index (Phi) is 4.11. The lowest BCUT2D eigenvalue weighted by molar-refractivity contribution is -0.140. The molecule has 0 radical (unpaired) electrons. The predicted octanol–water partition coefficient (Wildman–Crippen LogP) is 3.68. The summed E-state index contributed by atoms with van der Waals surface area (Å²) in [5, 5.41) is 3.90. The molecule has 0 aliphatic rings. The third-order valence-electron chi connectivity index (χ3n) is 2.90. The van der Waals surface area contributed by atoms with Gasteiger partial charge in [-0.3, -0.25) is 9.48 Å². The number of hydrogen-bond donors (Lipinski definition) is 0. The minimum Gasteiger partial charge on any atom is -0.288 e. The number of rotatable bonds is 4. The topological polar surface area (TPSA) is 34.9 Å². The number of nitrogens with zero attached hydrogens (tertiary/aromatic N) is 2. The molecule has 7 heteroatoms. The van der Waals surface area contributed by atoms with Crippen LogP contribution >= 0.6 is 0 Å². The molecule has 2 aromatic rings. The van der Waals surface area contributed by atoms with Gasteiger partial charge in [-0.2, -0.15) is 18.3 Å². The summed E-state index contributed by atoms with van der Waals surface area (Å²) in [6, 6.07) is 2.65. The number of alkyl halides is 3. The zero-order chi connectivity index (χ0) is 15.6. The van der Waals surface area contributed by atoms with Crippen LogP contribution in [-0.4, -0.2) is 15.6 Å². The molecule has 0 saturated heterocycles. The Morgan fingerprint density at radius 1 is 1.33 bits per heavy atom. The Labute approximate surface area is 118 Å². The number of benzene rings is 1. The van der Waals surface area contributed by atoms with Crippen LogP contribution in [0.4, 0.5) is 17.6 Å². The molecule has 21 heavy (non-hydrogen) atoms. The summed E-state index contributed by atoms with van der Waals surface area (Å²) in [7, 11) is 0. The first-order chi connectivity index (χ1) is 9.84. The third-order valence-corrected chi connectivity index (χ3v) is 2.90. The van der Waals surface area contributed by atoms with Crippen molar-refractivity contribution in [3.05, 3.63) is 53.1 Å². The van der Waals surface area contributed by atoms with Crippen molar-refractivity contribution in [3.63, 3.8) is 0 Å². The molecule has 0 aliphatic carbocycles. The van der Waals surface area contributed by atoms with Crippen LogP contribution in [0.5, 0.6) is 0 Å². The van der Waals surface area contributed by atoms with Gasteiger partial charge in [-0.05, 0) is 18.6 Å². The Balaban J connectivity index is 2.39. The van der Waals surface area contributed by atoms with Gasteiger partial charge in [0, 0.05) is 12.7 Å². The van der Waals surface area contributed by atoms with Gasteiger partial charge in [0.25, 0.3) is 0 Å². The molecule has 0 N–H and O–H groups in total. The minimum absolute atomic E-state index is 0.0571. The van der Waals surface area contributed by atoms with Gasteiger partial charge in [-0.25, -0.2) is 4.39 Å². The highest BCUT2D eigenvalue weighted by molar-refractivity contribution is 6.09. The van der Waals surface area contributed by atoms with E-state index in [1.807, 2.05) is 6.92 Å². The van der Waals surface area contributed by atoms with Crippen LogP contribution in [0.15, 0.2) is 30.6 Å². The van der Waals surface area contributed by atoms with E-state index in [0.717, 1.165) is 18.6 Å². The van der Waals surface area contributed by atoms with Gasteiger partial charge < -0.3 is 0 Å². The zero-order valence-corrected chi connectivity index (χ0v) is 11.1. The molecule has 1 aromatic heterocycles. The number of aryl methyl sites for hydroxylation is 1. The Morgan fingerprint density at radius 3 is 2.67 bits per heavy atom. The summed E-state index contributed by atoms with van der Waals surface area (Å²) < 4.78 is 53.3. The maximum Gasteiger partial charge on any atom is 0.419 e. The van der Waals surface area contributed by atoms with Crippen molar-refractivity contribution in [1.82, 2.24) is 9.78 Å². The van der Waals surface area contributed by atoms with Crippen LogP contribution in [0, 0.1) is 5.82 Å². The predicted molar refractivity (Wildman–Crippen MR) is 67.4 cm³/mol. The number of ketones is 1. The fraction of sp³-hybridized carbons (Fsp3) is 0.286. The lowest BCUT2D eigenvalue weighted by Crippen LogP contribution is -2.12. The second-order valence-corrected chi connectivity index (χ2v) is 4.49. The number of aromatic nitrogens is 2. The quantitative estimate of drug-likeness (QED) is 0.637. The van der Waals surface area contributed by atoms with Crippen molar-refractivity contribution >= 4 is 5.78 Å². The van der Waals surface area contributed by atoms with Crippen LogP contribution in [0.2, 0.25) is 0 Å². The first-order valence-electron chi connectivity index (χ1n) is 6.27. The van der Waals surface area contributed by atoms with Gasteiger partial charge >= 0.3 is 6.18 Å². The molecule has 0 spiro atoms. The molecule has 0 aliphatic heterocycles. The number of carbonyl (C=O) groups is 1. The van der Waals surface area contributed by atoms with Crippen LogP contribution in [0.3, 0.4) is 0 Å². The molecular weight excluding hydrogens is 288 g/mol. The van der Waals surface area contributed by atoms with Crippen molar-refractivity contribution in [1.29, 1.82) is 0 Å². The fourth-order valence-corrected chi connectivity index (χ4v) is 1.91. The molecule has 0 bridgehead atoms. The average molecular weight is 300 g/mol. The molecule has 0 atom stereocenters. The number of carbonyl (C=O) groups excluding carboxylic acids is 1. The fourth-order valence-electron chi connectivity index (χ4n) is 1.91. The van der Waals surface area contributed by atoms with Gasteiger partial charge in [-0.1, -0.05) is 13.0 Å². The van der Waals surface area contributed by atoms with Crippen LogP contribution in [0.25, 0.3) is 0 Å². The van der Waals surface area contributed by atoms with Crippen LogP contribution < -0.4 is 0 Å². The van der Waals surface area contributed by atoms with E-state index in [4.69, 9.17) is 0 Å². The van der Waals surface area contributed by atoms with Crippen molar-refractivity contribution in [2.75, 3.05) is 0 Å². The molecule has 1 heterocycles. The second kappa shape index (κ2) is 5.67. The summed E-state index contributed by atoms with van der Waals surface area (Å²) in [5.41, 5.74) is -2.00. The van der Waals surface area contributed by atoms with Gasteiger partial charge in [-0.15, -0.1) is 0 Å². The van der Waals surface area contributed by atoms with Crippen LogP contribution in [-0.2, 0) is 12.7 Å². The summed E-state index contributed by atoms with van der Waals surface area (Å²) in [4.78, 5) is 12.1. The molecule has 0 unspecified atom stereocenters. The standard InChI is InChI=1S/C14H12F4N2O/c1-2-6-20-8-9(7-19-20)13(21)10-4-3-5-11(12(10)15)14(16,17)18/h3-5,7-8H,2,6H2,1H3. The highest BCUT2D eigenvalue weighted by Crippen LogP contribution is 2.32. The maximum absolute atomic E-state index is 13.9. The van der Waals surface area contributed by atoms with Crippen molar-refractivity contribution in [2.45, 2.75) is 26.1 Å². The summed E-state index contributed by atoms with van der Waals surface area (Å²) in [6.45, 7) is 2.48. The highest BCUT2D eigenvalue weighted by Gasteiger charge is 2.35. The highest BCUT2D eigenvalue weighted by atomic mass is 19.4. The summed E-state index contributed by atoms with van der Waals surface area (Å²) >= 11 is 0. The van der Waals surface area contributed by atoms with E-state index >= 15 is 0 Å². The van der Waals surface area contributed by atoms with E-state index in [1.54, 1.807) is 0 Å². The van der Waals surface area contributed by atoms with E-state index in [0.29, 0.717) is 12.6 Å². The normalized spacial score (nSPS) is 11.7. The Hall–Kier alpha value is -2.18. The lowest BCUT2D eigenvalue weighted by Gasteiger charge is -2.10. The summed E-state index contributed by atoms with van der Waals surface area (Å²) in [6.07, 6.45) is -1.44. The van der Waals surface area contributed by atoms with Crippen molar-refractivity contribution in [3.8, 4) is 0 Å². The molecule has 0 amide bonds. The molecule has 3 nitrogen and oxygen atoms in total. The molecule has 1 aromatic carbocycles. The SMILES string of the molecule is CCCn1cc(C(=O)c2cccc(C(F)(F)F)c2F)cn1. The minimum atomic E-state index is -4.84. The molecular formula is C14H12F4N2O. The smallest absolute Gasteiger partial charge is 0.288 e.